The van der Waals surface area contributed by atoms with Crippen LogP contribution in [0.3, 0.4) is 0 Å². The summed E-state index contributed by atoms with van der Waals surface area (Å²) >= 11 is 12.4. The van der Waals surface area contributed by atoms with Crippen molar-refractivity contribution in [1.82, 2.24) is 0 Å². The molecule has 2 aromatic rings. The maximum Gasteiger partial charge on any atom is 0.322 e. The van der Waals surface area contributed by atoms with Crippen molar-refractivity contribution in [1.29, 1.82) is 0 Å². The van der Waals surface area contributed by atoms with Crippen molar-refractivity contribution in [3.63, 3.8) is 0 Å². The van der Waals surface area contributed by atoms with E-state index in [1.54, 1.807) is 18.2 Å². The highest BCUT2D eigenvalue weighted by atomic mass is 35.5. The minimum atomic E-state index is -1.01. The first kappa shape index (κ1) is 24.4. The molecular weight excluding hydrogens is 457 g/mol. The number of aliphatic hydroxyl groups excluding tert-OH is 2. The third-order valence-electron chi connectivity index (χ3n) is 7.57. The number of aliphatic hydroxyl groups is 2. The van der Waals surface area contributed by atoms with E-state index in [0.29, 0.717) is 29.4 Å². The van der Waals surface area contributed by atoms with Crippen LogP contribution in [0.1, 0.15) is 49.7 Å². The Morgan fingerprint density at radius 1 is 1.18 bits per heavy atom. The van der Waals surface area contributed by atoms with Crippen molar-refractivity contribution in [2.24, 2.45) is 11.3 Å². The number of allylic oxidation sites excluding steroid dienone is 1. The Labute approximate surface area is 206 Å². The van der Waals surface area contributed by atoms with E-state index in [0.717, 1.165) is 24.0 Å². The number of quaternary nitrogens is 1. The summed E-state index contributed by atoms with van der Waals surface area (Å²) in [6.45, 7) is 6.02. The summed E-state index contributed by atoms with van der Waals surface area (Å²) in [6, 6.07) is 14.6. The Hall–Kier alpha value is -1.69. The first-order chi connectivity index (χ1) is 15.7. The average molecular weight is 489 g/mol. The lowest BCUT2D eigenvalue weighted by Crippen LogP contribution is -2.73. The van der Waals surface area contributed by atoms with Gasteiger partial charge in [0, 0.05) is 21.5 Å². The lowest BCUT2D eigenvalue weighted by Gasteiger charge is -2.55. The molecule has 1 aliphatic heterocycles. The first-order valence-electron chi connectivity index (χ1n) is 11.6. The smallest absolute Gasteiger partial charge is 0.322 e. The molecule has 2 unspecified atom stereocenters. The number of carbonyl (C=O) groups is 1. The Kier molecular flexibility index (Phi) is 7.05. The van der Waals surface area contributed by atoms with Crippen LogP contribution in [0, 0.1) is 11.3 Å². The minimum Gasteiger partial charge on any atom is -0.390 e. The zero-order chi connectivity index (χ0) is 23.8. The second-order valence-corrected chi connectivity index (χ2v) is 10.8. The molecule has 0 aromatic heterocycles. The van der Waals surface area contributed by atoms with Crippen LogP contribution in [0.15, 0.2) is 61.2 Å². The van der Waals surface area contributed by atoms with Gasteiger partial charge in [0.15, 0.2) is 0 Å². The molecule has 1 saturated carbocycles. The van der Waals surface area contributed by atoms with Gasteiger partial charge in [-0.15, -0.1) is 6.58 Å². The number of rotatable bonds is 8. The third kappa shape index (κ3) is 4.52. The van der Waals surface area contributed by atoms with Crippen LogP contribution in [-0.2, 0) is 11.3 Å². The van der Waals surface area contributed by atoms with Gasteiger partial charge in [-0.25, -0.2) is 9.28 Å². The first-order valence-corrected chi connectivity index (χ1v) is 12.3. The summed E-state index contributed by atoms with van der Waals surface area (Å²) < 4.78 is -0.190. The lowest BCUT2D eigenvalue weighted by molar-refractivity contribution is -0.947. The molecule has 1 saturated heterocycles. The number of carbonyl (C=O) groups excluding carboxylic acids is 1. The highest BCUT2D eigenvalue weighted by Gasteiger charge is 2.65. The topological polar surface area (TPSA) is 57.5 Å². The molecule has 1 heterocycles. The summed E-state index contributed by atoms with van der Waals surface area (Å²) in [5.41, 5.74) is 1.07. The van der Waals surface area contributed by atoms with Gasteiger partial charge in [0.25, 0.3) is 0 Å². The number of hydrogen-bond donors (Lipinski definition) is 2. The molecule has 5 atom stereocenters. The van der Waals surface area contributed by atoms with Crippen molar-refractivity contribution in [2.45, 2.75) is 57.3 Å². The van der Waals surface area contributed by atoms with Crippen molar-refractivity contribution >= 4 is 29.1 Å². The van der Waals surface area contributed by atoms with Crippen LogP contribution in [0.4, 0.5) is 0 Å². The maximum absolute atomic E-state index is 14.4. The number of hydrogen-bond acceptors (Lipinski definition) is 3. The van der Waals surface area contributed by atoms with Gasteiger partial charge in [-0.05, 0) is 62.4 Å². The van der Waals surface area contributed by atoms with Gasteiger partial charge in [-0.2, -0.15) is 0 Å². The molecule has 6 heteroatoms. The van der Waals surface area contributed by atoms with Crippen LogP contribution in [0.5, 0.6) is 0 Å². The van der Waals surface area contributed by atoms with Crippen molar-refractivity contribution in [3.8, 4) is 0 Å². The molecule has 2 fully saturated rings. The van der Waals surface area contributed by atoms with E-state index in [2.05, 4.69) is 6.58 Å². The predicted octanol–water partition coefficient (Wildman–Crippen LogP) is 5.70. The van der Waals surface area contributed by atoms with Gasteiger partial charge in [-0.1, -0.05) is 53.5 Å². The van der Waals surface area contributed by atoms with E-state index < -0.39 is 11.6 Å². The number of amides is 1. The molecule has 4 rings (SSSR count). The monoisotopic (exact) mass is 488 g/mol. The minimum absolute atomic E-state index is 0.0333. The van der Waals surface area contributed by atoms with Gasteiger partial charge in [0.05, 0.1) is 17.9 Å². The van der Waals surface area contributed by atoms with E-state index in [9.17, 15) is 15.0 Å². The fraction of sp³-hybridized carbons (Fsp3) is 0.444. The number of piperidine rings is 1. The van der Waals surface area contributed by atoms with E-state index in [1.165, 1.54) is 0 Å². The number of halogens is 2. The molecule has 1 amide bonds. The fourth-order valence-corrected chi connectivity index (χ4v) is 6.14. The van der Waals surface area contributed by atoms with Crippen LogP contribution in [-0.4, -0.2) is 39.5 Å². The van der Waals surface area contributed by atoms with Crippen LogP contribution >= 0.6 is 23.2 Å². The van der Waals surface area contributed by atoms with Crippen LogP contribution in [0.25, 0.3) is 0 Å². The standard InChI is InChI=1S/C27H32Cl2NO3/c1-3-13-27(2)15-23(20-5-4-6-22(29)14-20)25(32)30(26(27)33,24(17-31)19-9-10-19)16-18-7-11-21(28)12-8-18/h3-8,11-12,14,19,23-25,31-32H,1,9-10,13,15-17H2,2H3/q+1/t23-,24-,25?,27+,30?/m1/s1. The van der Waals surface area contributed by atoms with Gasteiger partial charge < -0.3 is 10.2 Å². The number of benzene rings is 2. The van der Waals surface area contributed by atoms with E-state index >= 15 is 0 Å². The molecule has 33 heavy (non-hydrogen) atoms. The molecule has 2 aromatic carbocycles. The number of nitrogens with zero attached hydrogens (tertiary/aromatic N) is 1. The van der Waals surface area contributed by atoms with Gasteiger partial charge in [-0.3, -0.25) is 0 Å². The van der Waals surface area contributed by atoms with E-state index in [1.807, 2.05) is 43.3 Å². The van der Waals surface area contributed by atoms with Crippen LogP contribution < -0.4 is 0 Å². The normalized spacial score (nSPS) is 30.8. The zero-order valence-corrected chi connectivity index (χ0v) is 20.5. The Bertz CT molecular complexity index is 1020. The fourth-order valence-electron chi connectivity index (χ4n) is 5.81. The molecule has 4 nitrogen and oxygen atoms in total. The quantitative estimate of drug-likeness (QED) is 0.370. The van der Waals surface area contributed by atoms with E-state index in [4.69, 9.17) is 23.2 Å². The van der Waals surface area contributed by atoms with Gasteiger partial charge >= 0.3 is 5.91 Å². The molecule has 2 N–H and O–H groups in total. The second-order valence-electron chi connectivity index (χ2n) is 9.94. The molecule has 0 bridgehead atoms. The highest BCUT2D eigenvalue weighted by molar-refractivity contribution is 6.30. The molecule has 176 valence electrons. The Morgan fingerprint density at radius 2 is 1.88 bits per heavy atom. The summed E-state index contributed by atoms with van der Waals surface area (Å²) in [5.74, 6) is -0.146. The van der Waals surface area contributed by atoms with Crippen molar-refractivity contribution in [2.75, 3.05) is 6.61 Å². The van der Waals surface area contributed by atoms with Gasteiger partial charge in [0.1, 0.15) is 12.6 Å². The van der Waals surface area contributed by atoms with Crippen molar-refractivity contribution < 1.29 is 19.5 Å². The summed E-state index contributed by atoms with van der Waals surface area (Å²) in [6.07, 6.45) is 3.66. The average Bonchev–Trinajstić information content (AvgIpc) is 3.62. The summed E-state index contributed by atoms with van der Waals surface area (Å²) in [4.78, 5) is 14.4. The number of likely N-dealkylation sites (tertiary alicyclic amines) is 1. The molecule has 2 aliphatic rings. The SMILES string of the molecule is C=CC[C@@]1(C)C[C@H](c2cccc(Cl)c2)C(O)[N+](Cc2ccc(Cl)cc2)([C@H](CO)C2CC2)C1=O. The maximum atomic E-state index is 14.4. The largest absolute Gasteiger partial charge is 0.390 e. The van der Waals surface area contributed by atoms with Crippen LogP contribution in [0.2, 0.25) is 10.0 Å². The molecule has 0 radical (unpaired) electrons. The van der Waals surface area contributed by atoms with Crippen molar-refractivity contribution in [3.05, 3.63) is 82.4 Å². The highest BCUT2D eigenvalue weighted by Crippen LogP contribution is 2.53. The predicted molar refractivity (Wildman–Crippen MR) is 132 cm³/mol. The molecular formula is C27H32Cl2NO3+. The van der Waals surface area contributed by atoms with Gasteiger partial charge in [0.2, 0.25) is 6.23 Å². The Balaban J connectivity index is 1.90. The second kappa shape index (κ2) is 9.52. The summed E-state index contributed by atoms with van der Waals surface area (Å²) in [5, 5.41) is 23.8. The Morgan fingerprint density at radius 3 is 2.45 bits per heavy atom. The zero-order valence-electron chi connectivity index (χ0n) is 19.0. The molecule has 0 spiro atoms. The van der Waals surface area contributed by atoms with E-state index in [-0.39, 0.29) is 34.9 Å². The molecule has 1 aliphatic carbocycles. The third-order valence-corrected chi connectivity index (χ3v) is 8.06. The lowest BCUT2D eigenvalue weighted by atomic mass is 9.69. The summed E-state index contributed by atoms with van der Waals surface area (Å²) in [7, 11) is 0.